The summed E-state index contributed by atoms with van der Waals surface area (Å²) in [5.74, 6) is 3.10. The summed E-state index contributed by atoms with van der Waals surface area (Å²) >= 11 is 1.36. The average molecular weight is 497 g/mol. The van der Waals surface area contributed by atoms with Gasteiger partial charge in [-0.3, -0.25) is 4.79 Å². The van der Waals surface area contributed by atoms with Crippen LogP contribution in [-0.4, -0.2) is 45.9 Å². The number of aryl methyl sites for hydroxylation is 1. The highest BCUT2D eigenvalue weighted by atomic mass is 32.2. The van der Waals surface area contributed by atoms with Gasteiger partial charge < -0.3 is 28.8 Å². The van der Waals surface area contributed by atoms with Crippen molar-refractivity contribution in [1.82, 2.24) is 20.1 Å². The molecule has 3 heterocycles. The van der Waals surface area contributed by atoms with E-state index in [1.165, 1.54) is 11.8 Å². The first-order valence-electron chi connectivity index (χ1n) is 11.7. The smallest absolute Gasteiger partial charge is 0.231 e. The maximum atomic E-state index is 12.5. The van der Waals surface area contributed by atoms with Gasteiger partial charge in [-0.2, -0.15) is 0 Å². The molecule has 1 amide bonds. The molecule has 2 aliphatic heterocycles. The number of aromatic nitrogens is 3. The zero-order valence-electron chi connectivity index (χ0n) is 19.6. The van der Waals surface area contributed by atoms with Crippen LogP contribution in [0.15, 0.2) is 47.6 Å². The van der Waals surface area contributed by atoms with Gasteiger partial charge in [-0.15, -0.1) is 10.2 Å². The fraction of sp³-hybridized carbons (Fsp3) is 0.400. The number of thioether (sulfide) groups is 1. The lowest BCUT2D eigenvalue weighted by molar-refractivity contribution is -0.118. The Labute approximate surface area is 208 Å². The molecule has 1 saturated heterocycles. The molecule has 0 saturated carbocycles. The number of hydrogen-bond acceptors (Lipinski definition) is 8. The fourth-order valence-electron chi connectivity index (χ4n) is 4.00. The predicted molar refractivity (Wildman–Crippen MR) is 130 cm³/mol. The Morgan fingerprint density at radius 2 is 2.09 bits per heavy atom. The molecule has 0 spiro atoms. The highest BCUT2D eigenvalue weighted by molar-refractivity contribution is 7.99. The quantitative estimate of drug-likeness (QED) is 0.426. The summed E-state index contributed by atoms with van der Waals surface area (Å²) < 4.78 is 24.6. The van der Waals surface area contributed by atoms with Crippen molar-refractivity contribution in [2.24, 2.45) is 0 Å². The van der Waals surface area contributed by atoms with Crippen molar-refractivity contribution in [2.45, 2.75) is 50.7 Å². The lowest BCUT2D eigenvalue weighted by atomic mass is 10.2. The number of carbonyl (C=O) groups is 1. The molecule has 1 fully saturated rings. The molecular weight excluding hydrogens is 468 g/mol. The monoisotopic (exact) mass is 496 g/mol. The van der Waals surface area contributed by atoms with Crippen molar-refractivity contribution in [3.8, 4) is 17.2 Å². The molecule has 1 atom stereocenters. The van der Waals surface area contributed by atoms with Crippen LogP contribution in [0, 0.1) is 6.92 Å². The normalized spacial score (nSPS) is 16.4. The lowest BCUT2D eigenvalue weighted by Gasteiger charge is -2.15. The molecule has 5 rings (SSSR count). The van der Waals surface area contributed by atoms with Gasteiger partial charge in [-0.25, -0.2) is 0 Å². The van der Waals surface area contributed by atoms with E-state index >= 15 is 0 Å². The van der Waals surface area contributed by atoms with Crippen molar-refractivity contribution >= 4 is 17.7 Å². The van der Waals surface area contributed by atoms with Crippen molar-refractivity contribution in [2.75, 3.05) is 19.2 Å². The first kappa shape index (κ1) is 23.5. The van der Waals surface area contributed by atoms with Crippen molar-refractivity contribution < 1.29 is 23.7 Å². The second kappa shape index (κ2) is 11.0. The van der Waals surface area contributed by atoms with Crippen LogP contribution in [-0.2, 0) is 29.2 Å². The second-order valence-corrected chi connectivity index (χ2v) is 9.39. The molecule has 1 N–H and O–H groups in total. The molecule has 10 heteroatoms. The highest BCUT2D eigenvalue weighted by Gasteiger charge is 2.22. The molecular formula is C25H28N4O5S. The standard InChI is InChI=1S/C25H28N4O5S/c1-17-5-2-3-7-20(17)32-14-23-27-28-25(29(23)13-19-6-4-10-31-19)35-15-24(30)26-12-18-8-9-21-22(11-18)34-16-33-21/h2-3,5,7-9,11,19H,4,6,10,12-16H2,1H3,(H,26,30). The van der Waals surface area contributed by atoms with Crippen LogP contribution in [0.1, 0.15) is 29.8 Å². The van der Waals surface area contributed by atoms with Gasteiger partial charge in [-0.1, -0.05) is 36.0 Å². The largest absolute Gasteiger partial charge is 0.485 e. The van der Waals surface area contributed by atoms with E-state index in [4.69, 9.17) is 18.9 Å². The number of benzene rings is 2. The maximum Gasteiger partial charge on any atom is 0.231 e. The minimum absolute atomic E-state index is 0.0861. The van der Waals surface area contributed by atoms with Gasteiger partial charge in [0.05, 0.1) is 18.4 Å². The minimum Gasteiger partial charge on any atom is -0.485 e. The number of carbonyl (C=O) groups excluding carboxylic acids is 1. The van der Waals surface area contributed by atoms with Gasteiger partial charge in [0.25, 0.3) is 0 Å². The maximum absolute atomic E-state index is 12.5. The lowest BCUT2D eigenvalue weighted by Crippen LogP contribution is -2.25. The number of amides is 1. The SMILES string of the molecule is Cc1ccccc1OCc1nnc(SCC(=O)NCc2ccc3c(c2)OCO3)n1CC1CCCO1. The number of rotatable bonds is 10. The molecule has 3 aromatic rings. The summed E-state index contributed by atoms with van der Waals surface area (Å²) in [6.45, 7) is 4.35. The summed E-state index contributed by atoms with van der Waals surface area (Å²) in [5, 5.41) is 12.3. The molecule has 9 nitrogen and oxygen atoms in total. The number of nitrogens with one attached hydrogen (secondary N) is 1. The molecule has 2 aromatic carbocycles. The van der Waals surface area contributed by atoms with E-state index < -0.39 is 0 Å². The molecule has 0 aliphatic carbocycles. The van der Waals surface area contributed by atoms with Gasteiger partial charge in [-0.05, 0) is 49.1 Å². The van der Waals surface area contributed by atoms with Gasteiger partial charge in [0.15, 0.2) is 22.5 Å². The number of nitrogens with zero attached hydrogens (tertiary/aromatic N) is 3. The number of para-hydroxylation sites is 1. The summed E-state index contributed by atoms with van der Waals surface area (Å²) in [4.78, 5) is 12.5. The topological polar surface area (TPSA) is 96.7 Å². The Bertz CT molecular complexity index is 1180. The Balaban J connectivity index is 1.20. The van der Waals surface area contributed by atoms with Crippen LogP contribution in [0.4, 0.5) is 0 Å². The van der Waals surface area contributed by atoms with Crippen LogP contribution < -0.4 is 19.5 Å². The van der Waals surface area contributed by atoms with Gasteiger partial charge in [0, 0.05) is 13.2 Å². The third-order valence-corrected chi connectivity index (χ3v) is 6.88. The fourth-order valence-corrected chi connectivity index (χ4v) is 4.80. The Kier molecular flexibility index (Phi) is 7.39. The molecule has 0 radical (unpaired) electrons. The van der Waals surface area contributed by atoms with Gasteiger partial charge in [0.2, 0.25) is 12.7 Å². The second-order valence-electron chi connectivity index (χ2n) is 8.45. The average Bonchev–Trinajstić information content (AvgIpc) is 3.63. The van der Waals surface area contributed by atoms with E-state index in [9.17, 15) is 4.79 Å². The first-order chi connectivity index (χ1) is 17.2. The number of fused-ring (bicyclic) bond motifs is 1. The molecule has 0 bridgehead atoms. The van der Waals surface area contributed by atoms with E-state index in [2.05, 4.69) is 15.5 Å². The van der Waals surface area contributed by atoms with E-state index in [0.717, 1.165) is 42.1 Å². The molecule has 2 aliphatic rings. The molecule has 184 valence electrons. The molecule has 35 heavy (non-hydrogen) atoms. The molecule has 1 unspecified atom stereocenters. The number of ether oxygens (including phenoxy) is 4. The minimum atomic E-state index is -0.0861. The zero-order valence-corrected chi connectivity index (χ0v) is 20.4. The van der Waals surface area contributed by atoms with Crippen molar-refractivity contribution in [3.63, 3.8) is 0 Å². The van der Waals surface area contributed by atoms with Crippen LogP contribution in [0.2, 0.25) is 0 Å². The van der Waals surface area contributed by atoms with E-state index in [1.54, 1.807) is 0 Å². The highest BCUT2D eigenvalue weighted by Crippen LogP contribution is 2.32. The van der Waals surface area contributed by atoms with Crippen LogP contribution in [0.25, 0.3) is 0 Å². The summed E-state index contributed by atoms with van der Waals surface area (Å²) in [7, 11) is 0. The summed E-state index contributed by atoms with van der Waals surface area (Å²) in [6.07, 6.45) is 2.16. The molecule has 1 aromatic heterocycles. The van der Waals surface area contributed by atoms with E-state index in [1.807, 2.05) is 54.0 Å². The summed E-state index contributed by atoms with van der Waals surface area (Å²) in [6, 6.07) is 13.5. The van der Waals surface area contributed by atoms with Crippen LogP contribution in [0.5, 0.6) is 17.2 Å². The Hall–Kier alpha value is -3.24. The van der Waals surface area contributed by atoms with Gasteiger partial charge in [0.1, 0.15) is 12.4 Å². The third-order valence-electron chi connectivity index (χ3n) is 5.91. The van der Waals surface area contributed by atoms with Crippen LogP contribution >= 0.6 is 11.8 Å². The van der Waals surface area contributed by atoms with E-state index in [-0.39, 0.29) is 24.6 Å². The third kappa shape index (κ3) is 5.88. The summed E-state index contributed by atoms with van der Waals surface area (Å²) in [5.41, 5.74) is 2.01. The Morgan fingerprint density at radius 1 is 1.20 bits per heavy atom. The zero-order chi connectivity index (χ0) is 24.0. The Morgan fingerprint density at radius 3 is 2.94 bits per heavy atom. The van der Waals surface area contributed by atoms with E-state index in [0.29, 0.717) is 36.4 Å². The van der Waals surface area contributed by atoms with Crippen molar-refractivity contribution in [3.05, 3.63) is 59.4 Å². The first-order valence-corrected chi connectivity index (χ1v) is 12.6. The number of hydrogen-bond donors (Lipinski definition) is 1. The van der Waals surface area contributed by atoms with Crippen molar-refractivity contribution in [1.29, 1.82) is 0 Å². The predicted octanol–water partition coefficient (Wildman–Crippen LogP) is 3.48. The van der Waals surface area contributed by atoms with Gasteiger partial charge >= 0.3 is 0 Å². The van der Waals surface area contributed by atoms with Crippen LogP contribution in [0.3, 0.4) is 0 Å².